The highest BCUT2D eigenvalue weighted by Crippen LogP contribution is 2.61. The number of fused-ring (bicyclic) bond motifs is 1. The fraction of sp³-hybridized carbons (Fsp3) is 0.684. The van der Waals surface area contributed by atoms with Crippen LogP contribution in [0.25, 0.3) is 0 Å². The second kappa shape index (κ2) is 4.82. The fourth-order valence-corrected chi connectivity index (χ4v) is 4.62. The van der Waals surface area contributed by atoms with Gasteiger partial charge < -0.3 is 10.0 Å². The molecular weight excluding hydrogens is 258 g/mol. The molecule has 2 heteroatoms. The number of aryl methyl sites for hydroxylation is 1. The molecule has 21 heavy (non-hydrogen) atoms. The molecule has 1 aliphatic heterocycles. The summed E-state index contributed by atoms with van der Waals surface area (Å²) in [5.74, 6) is 0.770. The molecule has 2 aliphatic rings. The van der Waals surface area contributed by atoms with Gasteiger partial charge in [0, 0.05) is 5.41 Å². The Bertz CT molecular complexity index is 542. The van der Waals surface area contributed by atoms with Crippen LogP contribution in [0, 0.1) is 18.3 Å². The van der Waals surface area contributed by atoms with Crippen LogP contribution >= 0.6 is 0 Å². The Balaban J connectivity index is 2.09. The van der Waals surface area contributed by atoms with E-state index in [9.17, 15) is 5.11 Å². The van der Waals surface area contributed by atoms with Gasteiger partial charge in [-0.2, -0.15) is 0 Å². The Morgan fingerprint density at radius 2 is 1.81 bits per heavy atom. The minimum Gasteiger partial charge on any atom is -0.384 e. The Hall–Kier alpha value is -0.860. The summed E-state index contributed by atoms with van der Waals surface area (Å²) in [4.78, 5) is 2.38. The van der Waals surface area contributed by atoms with Crippen LogP contribution in [-0.4, -0.2) is 30.1 Å². The number of aliphatic hydroxyl groups is 1. The number of nitrogens with zero attached hydrogens (tertiary/aromatic N) is 1. The van der Waals surface area contributed by atoms with Crippen molar-refractivity contribution in [2.75, 3.05) is 20.1 Å². The van der Waals surface area contributed by atoms with E-state index in [4.69, 9.17) is 0 Å². The summed E-state index contributed by atoms with van der Waals surface area (Å²) in [7, 11) is 2.18. The van der Waals surface area contributed by atoms with E-state index in [2.05, 4.69) is 57.8 Å². The van der Waals surface area contributed by atoms with E-state index in [1.807, 2.05) is 0 Å². The largest absolute Gasteiger partial charge is 0.384 e. The van der Waals surface area contributed by atoms with E-state index in [-0.39, 0.29) is 5.41 Å². The van der Waals surface area contributed by atoms with Gasteiger partial charge in [-0.15, -0.1) is 0 Å². The number of hydrogen-bond acceptors (Lipinski definition) is 2. The molecule has 2 atom stereocenters. The third-order valence-electron chi connectivity index (χ3n) is 6.46. The van der Waals surface area contributed by atoms with Gasteiger partial charge in [-0.3, -0.25) is 0 Å². The Labute approximate surface area is 129 Å². The average Bonchev–Trinajstić information content (AvgIpc) is 2.59. The second-order valence-electron chi connectivity index (χ2n) is 7.88. The van der Waals surface area contributed by atoms with E-state index in [1.54, 1.807) is 0 Å². The van der Waals surface area contributed by atoms with Crippen LogP contribution in [0.3, 0.4) is 0 Å². The van der Waals surface area contributed by atoms with E-state index in [1.165, 1.54) is 16.7 Å². The lowest BCUT2D eigenvalue weighted by molar-refractivity contribution is -0.128. The average molecular weight is 287 g/mol. The third-order valence-corrected chi connectivity index (χ3v) is 6.46. The molecule has 1 fully saturated rings. The highest BCUT2D eigenvalue weighted by molar-refractivity contribution is 5.46. The standard InChI is InChI=1S/C19H29NO/c1-13-6-7-16-14(2)18(3,4)19(21,17(16)12-13)15-8-10-20(5)11-9-15/h6-7,12,14-15,21H,8-11H2,1-5H3. The number of benzene rings is 1. The number of rotatable bonds is 1. The summed E-state index contributed by atoms with van der Waals surface area (Å²) in [6.07, 6.45) is 2.19. The molecule has 1 heterocycles. The molecular formula is C19H29NO. The third kappa shape index (κ3) is 1.99. The Morgan fingerprint density at radius 3 is 2.43 bits per heavy atom. The maximum atomic E-state index is 11.9. The highest BCUT2D eigenvalue weighted by Gasteiger charge is 2.58. The van der Waals surface area contributed by atoms with Crippen molar-refractivity contribution < 1.29 is 5.11 Å². The number of piperidine rings is 1. The van der Waals surface area contributed by atoms with Crippen molar-refractivity contribution in [2.24, 2.45) is 11.3 Å². The molecule has 1 aliphatic carbocycles. The van der Waals surface area contributed by atoms with Crippen LogP contribution in [-0.2, 0) is 5.60 Å². The van der Waals surface area contributed by atoms with E-state index < -0.39 is 5.60 Å². The topological polar surface area (TPSA) is 23.5 Å². The zero-order valence-electron chi connectivity index (χ0n) is 14.1. The van der Waals surface area contributed by atoms with E-state index in [0.717, 1.165) is 25.9 Å². The SMILES string of the molecule is Cc1ccc2c(c1)C(O)(C1CCN(C)CC1)C(C)(C)C2C. The predicted molar refractivity (Wildman–Crippen MR) is 87.5 cm³/mol. The first-order valence-corrected chi connectivity index (χ1v) is 8.30. The van der Waals surface area contributed by atoms with Crippen LogP contribution in [0.1, 0.15) is 56.2 Å². The van der Waals surface area contributed by atoms with Gasteiger partial charge in [-0.05, 0) is 62.9 Å². The van der Waals surface area contributed by atoms with Gasteiger partial charge >= 0.3 is 0 Å². The molecule has 1 aromatic carbocycles. The zero-order chi connectivity index (χ0) is 15.4. The van der Waals surface area contributed by atoms with Crippen LogP contribution < -0.4 is 0 Å². The van der Waals surface area contributed by atoms with Crippen molar-refractivity contribution in [3.63, 3.8) is 0 Å². The fourth-order valence-electron chi connectivity index (χ4n) is 4.62. The van der Waals surface area contributed by atoms with Gasteiger partial charge in [0.2, 0.25) is 0 Å². The minimum atomic E-state index is -0.685. The van der Waals surface area contributed by atoms with E-state index >= 15 is 0 Å². The summed E-state index contributed by atoms with van der Waals surface area (Å²) in [6, 6.07) is 6.66. The molecule has 0 bridgehead atoms. The zero-order valence-corrected chi connectivity index (χ0v) is 14.1. The lowest BCUT2D eigenvalue weighted by atomic mass is 9.63. The first kappa shape index (κ1) is 15.1. The molecule has 0 aromatic heterocycles. The van der Waals surface area contributed by atoms with Crippen molar-refractivity contribution in [3.8, 4) is 0 Å². The maximum Gasteiger partial charge on any atom is 0.0984 e. The summed E-state index contributed by atoms with van der Waals surface area (Å²) >= 11 is 0. The van der Waals surface area contributed by atoms with Gasteiger partial charge in [0.1, 0.15) is 0 Å². The second-order valence-corrected chi connectivity index (χ2v) is 7.88. The van der Waals surface area contributed by atoms with Crippen molar-refractivity contribution in [2.45, 2.75) is 52.1 Å². The van der Waals surface area contributed by atoms with Crippen molar-refractivity contribution in [3.05, 3.63) is 34.9 Å². The molecule has 116 valence electrons. The smallest absolute Gasteiger partial charge is 0.0984 e. The maximum absolute atomic E-state index is 11.9. The van der Waals surface area contributed by atoms with Gasteiger partial charge in [0.25, 0.3) is 0 Å². The van der Waals surface area contributed by atoms with Crippen LogP contribution in [0.2, 0.25) is 0 Å². The van der Waals surface area contributed by atoms with Gasteiger partial charge in [-0.1, -0.05) is 44.5 Å². The monoisotopic (exact) mass is 287 g/mol. The first-order chi connectivity index (χ1) is 9.78. The van der Waals surface area contributed by atoms with Gasteiger partial charge in [0.05, 0.1) is 5.60 Å². The predicted octanol–water partition coefficient (Wildman–Crippen LogP) is 3.67. The summed E-state index contributed by atoms with van der Waals surface area (Å²) in [5, 5.41) is 11.9. The van der Waals surface area contributed by atoms with Crippen LogP contribution in [0.15, 0.2) is 18.2 Å². The Morgan fingerprint density at radius 1 is 1.19 bits per heavy atom. The summed E-state index contributed by atoms with van der Waals surface area (Å²) in [6.45, 7) is 11.1. The van der Waals surface area contributed by atoms with Crippen molar-refractivity contribution in [1.29, 1.82) is 0 Å². The normalized spacial score (nSPS) is 33.1. The molecule has 2 nitrogen and oxygen atoms in total. The van der Waals surface area contributed by atoms with Crippen molar-refractivity contribution in [1.82, 2.24) is 4.90 Å². The quantitative estimate of drug-likeness (QED) is 0.852. The van der Waals surface area contributed by atoms with E-state index in [0.29, 0.717) is 11.8 Å². The van der Waals surface area contributed by atoms with Crippen molar-refractivity contribution >= 4 is 0 Å². The van der Waals surface area contributed by atoms with Gasteiger partial charge in [0.15, 0.2) is 0 Å². The summed E-state index contributed by atoms with van der Waals surface area (Å²) in [5.41, 5.74) is 3.02. The summed E-state index contributed by atoms with van der Waals surface area (Å²) < 4.78 is 0. The molecule has 0 radical (unpaired) electrons. The molecule has 1 saturated heterocycles. The molecule has 1 aromatic rings. The molecule has 0 spiro atoms. The molecule has 0 amide bonds. The van der Waals surface area contributed by atoms with Crippen LogP contribution in [0.5, 0.6) is 0 Å². The highest BCUT2D eigenvalue weighted by atomic mass is 16.3. The van der Waals surface area contributed by atoms with Gasteiger partial charge in [-0.25, -0.2) is 0 Å². The first-order valence-electron chi connectivity index (χ1n) is 8.30. The molecule has 0 saturated carbocycles. The molecule has 1 N–H and O–H groups in total. The molecule has 2 unspecified atom stereocenters. The lowest BCUT2D eigenvalue weighted by Crippen LogP contribution is -2.49. The number of hydrogen-bond donors (Lipinski definition) is 1. The Kier molecular flexibility index (Phi) is 3.46. The number of likely N-dealkylation sites (tertiary alicyclic amines) is 1. The molecule has 3 rings (SSSR count). The van der Waals surface area contributed by atoms with Crippen LogP contribution in [0.4, 0.5) is 0 Å². The minimum absolute atomic E-state index is 0.107. The lowest BCUT2D eigenvalue weighted by Gasteiger charge is -2.48.